The Bertz CT molecular complexity index is 821. The Labute approximate surface area is 131 Å². The van der Waals surface area contributed by atoms with E-state index in [1.165, 1.54) is 12.1 Å². The number of anilines is 1. The van der Waals surface area contributed by atoms with E-state index in [-0.39, 0.29) is 5.69 Å². The summed E-state index contributed by atoms with van der Waals surface area (Å²) in [6.45, 7) is 0. The number of nitro benzene ring substituents is 1. The van der Waals surface area contributed by atoms with E-state index in [1.54, 1.807) is 17.8 Å². The molecule has 6 heteroatoms. The molecule has 0 radical (unpaired) electrons. The van der Waals surface area contributed by atoms with Crippen LogP contribution in [0.15, 0.2) is 53.4 Å². The van der Waals surface area contributed by atoms with E-state index in [0.717, 1.165) is 16.1 Å². The highest BCUT2D eigenvalue weighted by Gasteiger charge is 2.45. The topological polar surface area (TPSA) is 55.6 Å². The number of fused-ring (bicyclic) bond motifs is 2. The van der Waals surface area contributed by atoms with Gasteiger partial charge in [0.2, 0.25) is 0 Å². The maximum atomic E-state index is 10.9. The van der Waals surface area contributed by atoms with Crippen molar-refractivity contribution < 1.29 is 9.66 Å². The molecule has 1 unspecified atom stereocenters. The molecule has 0 aliphatic carbocycles. The molecular weight excluding hydrogens is 300 g/mol. The summed E-state index contributed by atoms with van der Waals surface area (Å²) in [7, 11) is 1.99. The predicted octanol–water partition coefficient (Wildman–Crippen LogP) is 3.90. The van der Waals surface area contributed by atoms with Crippen LogP contribution >= 0.6 is 11.8 Å². The monoisotopic (exact) mass is 312 g/mol. The molecule has 0 fully saturated rings. The highest BCUT2D eigenvalue weighted by Crippen LogP contribution is 2.52. The zero-order valence-corrected chi connectivity index (χ0v) is 12.5. The normalized spacial score (nSPS) is 21.4. The van der Waals surface area contributed by atoms with Gasteiger partial charge in [-0.1, -0.05) is 12.1 Å². The average molecular weight is 312 g/mol. The molecule has 110 valence electrons. The molecule has 2 aromatic carbocycles. The maximum absolute atomic E-state index is 10.9. The SMILES string of the molecule is CN1c2ccccc2SC12C=Cc1cc([N+](=O)[O-])ccc1O2. The van der Waals surface area contributed by atoms with Gasteiger partial charge in [0.1, 0.15) is 5.75 Å². The van der Waals surface area contributed by atoms with Gasteiger partial charge in [-0.15, -0.1) is 0 Å². The zero-order chi connectivity index (χ0) is 15.3. The molecule has 0 aromatic heterocycles. The molecule has 2 aromatic rings. The van der Waals surface area contributed by atoms with E-state index in [0.29, 0.717) is 5.75 Å². The van der Waals surface area contributed by atoms with Gasteiger partial charge < -0.3 is 9.64 Å². The van der Waals surface area contributed by atoms with Crippen molar-refractivity contribution in [3.63, 3.8) is 0 Å². The molecule has 1 spiro atoms. The fraction of sp³-hybridized carbons (Fsp3) is 0.125. The van der Waals surface area contributed by atoms with E-state index >= 15 is 0 Å². The molecule has 5 nitrogen and oxygen atoms in total. The Morgan fingerprint density at radius 2 is 2.09 bits per heavy atom. The third kappa shape index (κ3) is 1.80. The molecule has 4 rings (SSSR count). The molecule has 1 atom stereocenters. The van der Waals surface area contributed by atoms with Gasteiger partial charge in [0.25, 0.3) is 10.7 Å². The number of nitro groups is 1. The number of likely N-dealkylation sites (N-methyl/N-ethyl adjacent to an activating group) is 1. The molecule has 0 bridgehead atoms. The molecule has 0 saturated carbocycles. The van der Waals surface area contributed by atoms with Crippen LogP contribution in [0.5, 0.6) is 5.75 Å². The second-order valence-corrected chi connectivity index (χ2v) is 6.40. The van der Waals surface area contributed by atoms with Crippen molar-refractivity contribution in [3.05, 3.63) is 64.2 Å². The lowest BCUT2D eigenvalue weighted by Crippen LogP contribution is -2.45. The first-order chi connectivity index (χ1) is 10.6. The summed E-state index contributed by atoms with van der Waals surface area (Å²) < 4.78 is 6.19. The minimum atomic E-state index is -0.632. The number of benzene rings is 2. The van der Waals surface area contributed by atoms with Crippen molar-refractivity contribution in [2.75, 3.05) is 11.9 Å². The summed E-state index contributed by atoms with van der Waals surface area (Å²) in [5.74, 6) is 0.653. The predicted molar refractivity (Wildman–Crippen MR) is 86.2 cm³/mol. The summed E-state index contributed by atoms with van der Waals surface area (Å²) in [4.78, 5) is 13.7. The maximum Gasteiger partial charge on any atom is 0.270 e. The third-order valence-corrected chi connectivity index (χ3v) is 5.24. The first-order valence-corrected chi connectivity index (χ1v) is 7.59. The van der Waals surface area contributed by atoms with Gasteiger partial charge in [0.05, 0.1) is 10.6 Å². The molecule has 0 saturated heterocycles. The van der Waals surface area contributed by atoms with Crippen LogP contribution in [0.2, 0.25) is 0 Å². The molecule has 0 N–H and O–H groups in total. The van der Waals surface area contributed by atoms with Crippen LogP contribution in [-0.2, 0) is 0 Å². The number of non-ortho nitro benzene ring substituents is 1. The van der Waals surface area contributed by atoms with Gasteiger partial charge >= 0.3 is 0 Å². The van der Waals surface area contributed by atoms with E-state index in [4.69, 9.17) is 4.74 Å². The number of nitrogens with zero attached hydrogens (tertiary/aromatic N) is 2. The Kier molecular flexibility index (Phi) is 2.71. The average Bonchev–Trinajstić information content (AvgIpc) is 2.79. The van der Waals surface area contributed by atoms with Gasteiger partial charge in [0.15, 0.2) is 0 Å². The van der Waals surface area contributed by atoms with Gasteiger partial charge in [-0.3, -0.25) is 10.1 Å². The summed E-state index contributed by atoms with van der Waals surface area (Å²) in [6, 6.07) is 12.8. The van der Waals surface area contributed by atoms with E-state index in [9.17, 15) is 10.1 Å². The second kappa shape index (κ2) is 4.51. The first-order valence-electron chi connectivity index (χ1n) is 6.78. The standard InChI is InChI=1S/C16H12N2O3S/c1-17-13-4-2-3-5-15(13)22-16(17)9-8-11-10-12(18(19)20)6-7-14(11)21-16/h2-10H,1H3. The minimum Gasteiger partial charge on any atom is -0.454 e. The summed E-state index contributed by atoms with van der Waals surface area (Å²) in [5.41, 5.74) is 1.91. The van der Waals surface area contributed by atoms with Crippen LogP contribution in [0, 0.1) is 10.1 Å². The van der Waals surface area contributed by atoms with Crippen molar-refractivity contribution >= 4 is 29.2 Å². The quantitative estimate of drug-likeness (QED) is 0.590. The van der Waals surface area contributed by atoms with Crippen LogP contribution < -0.4 is 9.64 Å². The lowest BCUT2D eigenvalue weighted by Gasteiger charge is -2.36. The molecule has 2 aliphatic rings. The van der Waals surface area contributed by atoms with E-state index < -0.39 is 9.98 Å². The van der Waals surface area contributed by atoms with E-state index in [2.05, 4.69) is 17.0 Å². The van der Waals surface area contributed by atoms with Crippen LogP contribution in [0.4, 0.5) is 11.4 Å². The smallest absolute Gasteiger partial charge is 0.270 e. The summed E-state index contributed by atoms with van der Waals surface area (Å²) in [6.07, 6.45) is 3.84. The van der Waals surface area contributed by atoms with Gasteiger partial charge in [-0.05, 0) is 42.1 Å². The highest BCUT2D eigenvalue weighted by molar-refractivity contribution is 8.01. The Balaban J connectivity index is 1.74. The van der Waals surface area contributed by atoms with E-state index in [1.807, 2.05) is 31.3 Å². The number of rotatable bonds is 1. The fourth-order valence-corrected chi connectivity index (χ4v) is 3.98. The highest BCUT2D eigenvalue weighted by atomic mass is 32.2. The Morgan fingerprint density at radius 3 is 2.86 bits per heavy atom. The first kappa shape index (κ1) is 13.2. The lowest BCUT2D eigenvalue weighted by atomic mass is 10.1. The van der Waals surface area contributed by atoms with Crippen molar-refractivity contribution in [1.29, 1.82) is 0 Å². The number of hydrogen-bond donors (Lipinski definition) is 0. The fourth-order valence-electron chi connectivity index (χ4n) is 2.71. The molecule has 2 aliphatic heterocycles. The minimum absolute atomic E-state index is 0.0682. The Hall–Kier alpha value is -2.47. The number of ether oxygens (including phenoxy) is 1. The molecule has 0 amide bonds. The summed E-state index contributed by atoms with van der Waals surface area (Å²) in [5, 5.41) is 10.2. The van der Waals surface area contributed by atoms with Crippen molar-refractivity contribution in [1.82, 2.24) is 0 Å². The van der Waals surface area contributed by atoms with Crippen molar-refractivity contribution in [2.24, 2.45) is 0 Å². The zero-order valence-electron chi connectivity index (χ0n) is 11.7. The number of para-hydroxylation sites is 1. The third-order valence-electron chi connectivity index (χ3n) is 3.88. The van der Waals surface area contributed by atoms with Crippen molar-refractivity contribution in [3.8, 4) is 5.75 Å². The molecule has 22 heavy (non-hydrogen) atoms. The van der Waals surface area contributed by atoms with Crippen LogP contribution in [0.3, 0.4) is 0 Å². The lowest BCUT2D eigenvalue weighted by molar-refractivity contribution is -0.384. The second-order valence-electron chi connectivity index (χ2n) is 5.17. The number of thioether (sulfide) groups is 1. The van der Waals surface area contributed by atoms with Crippen LogP contribution in [0.1, 0.15) is 5.56 Å². The van der Waals surface area contributed by atoms with Gasteiger partial charge in [-0.25, -0.2) is 0 Å². The van der Waals surface area contributed by atoms with Gasteiger partial charge in [-0.2, -0.15) is 0 Å². The Morgan fingerprint density at radius 1 is 1.27 bits per heavy atom. The molecule has 2 heterocycles. The number of hydrogen-bond acceptors (Lipinski definition) is 5. The van der Waals surface area contributed by atoms with Gasteiger partial charge in [0, 0.05) is 29.6 Å². The van der Waals surface area contributed by atoms with Crippen molar-refractivity contribution in [2.45, 2.75) is 9.95 Å². The molecular formula is C16H12N2O3S. The van der Waals surface area contributed by atoms with Crippen LogP contribution in [0.25, 0.3) is 6.08 Å². The summed E-state index contributed by atoms with van der Waals surface area (Å²) >= 11 is 1.62. The van der Waals surface area contributed by atoms with Crippen LogP contribution in [-0.4, -0.2) is 17.0 Å². The largest absolute Gasteiger partial charge is 0.454 e.